The molecule has 0 aliphatic carbocycles. The van der Waals surface area contributed by atoms with Gasteiger partial charge in [0.05, 0.1) is 12.5 Å². The molecule has 2 unspecified atom stereocenters. The summed E-state index contributed by atoms with van der Waals surface area (Å²) >= 11 is 0. The van der Waals surface area contributed by atoms with Gasteiger partial charge in [0.25, 0.3) is 5.79 Å². The van der Waals surface area contributed by atoms with Gasteiger partial charge in [-0.05, 0) is 48.9 Å². The molecule has 6 heteroatoms. The van der Waals surface area contributed by atoms with Crippen LogP contribution in [0.15, 0.2) is 78.9 Å². The van der Waals surface area contributed by atoms with E-state index in [-0.39, 0.29) is 12.5 Å². The number of hydrogen-bond donors (Lipinski definition) is 0. The van der Waals surface area contributed by atoms with Crippen molar-refractivity contribution in [1.82, 2.24) is 4.90 Å². The van der Waals surface area contributed by atoms with Gasteiger partial charge in [0.15, 0.2) is 0 Å². The maximum Gasteiger partial charge on any atom is 0.420 e. The van der Waals surface area contributed by atoms with Crippen molar-refractivity contribution in [1.29, 1.82) is 0 Å². The molecule has 2 atom stereocenters. The summed E-state index contributed by atoms with van der Waals surface area (Å²) in [6.07, 6.45) is 1.57. The number of ether oxygens (including phenoxy) is 3. The normalized spacial score (nSPS) is 28.5. The Kier molecular flexibility index (Phi) is 5.89. The number of benzene rings is 3. The lowest BCUT2D eigenvalue weighted by molar-refractivity contribution is -0.417. The molecule has 4 saturated heterocycles. The molecular weight excluding hydrogens is 466 g/mol. The van der Waals surface area contributed by atoms with Crippen LogP contribution in [0.4, 0.5) is 0 Å². The lowest BCUT2D eigenvalue weighted by Gasteiger charge is -2.65. The van der Waals surface area contributed by atoms with Crippen LogP contribution in [0.25, 0.3) is 0 Å². The first-order chi connectivity index (χ1) is 17.9. The smallest absolute Gasteiger partial charge is 0.420 e. The average Bonchev–Trinajstić information content (AvgIpc) is 2.92. The highest BCUT2D eigenvalue weighted by Gasteiger charge is 2.76. The van der Waals surface area contributed by atoms with E-state index >= 15 is 0 Å². The minimum atomic E-state index is -1.46. The summed E-state index contributed by atoms with van der Waals surface area (Å²) in [4.78, 5) is 28.1. The molecule has 3 aromatic carbocycles. The number of nitrogens with zero attached hydrogens (tertiary/aromatic N) is 1. The second kappa shape index (κ2) is 9.12. The molecule has 0 N–H and O–H groups in total. The molecule has 0 amide bonds. The van der Waals surface area contributed by atoms with Crippen LogP contribution in [0.3, 0.4) is 0 Å². The molecule has 0 spiro atoms. The maximum absolute atomic E-state index is 13.0. The molecule has 0 aromatic heterocycles. The Morgan fingerprint density at radius 3 is 2.08 bits per heavy atom. The maximum atomic E-state index is 13.0. The SMILES string of the molecule is Cc1ccc(C)c(COC23OC(=O)C(=O)OC2(C(c2ccccc2)c2ccccc2)N2CCC3CC2)c1. The van der Waals surface area contributed by atoms with Gasteiger partial charge in [0, 0.05) is 19.0 Å². The number of aryl methyl sites for hydroxylation is 2. The first-order valence-electron chi connectivity index (χ1n) is 13.0. The Morgan fingerprint density at radius 2 is 1.46 bits per heavy atom. The standard InChI is InChI=1S/C31H31NO5/c1-21-13-14-22(2)25(19-21)20-35-31-26-15-17-32(18-16-26)30(31,36-28(33)29(34)37-31)27(23-9-5-3-6-10-23)24-11-7-4-8-12-24/h3-14,19,26-27H,15-18,20H2,1-2H3. The summed E-state index contributed by atoms with van der Waals surface area (Å²) in [5, 5.41) is 0. The van der Waals surface area contributed by atoms with Gasteiger partial charge in [-0.1, -0.05) is 84.4 Å². The van der Waals surface area contributed by atoms with E-state index in [4.69, 9.17) is 14.2 Å². The molecule has 7 rings (SSSR count). The Morgan fingerprint density at radius 1 is 0.865 bits per heavy atom. The minimum absolute atomic E-state index is 0.116. The highest BCUT2D eigenvalue weighted by Crippen LogP contribution is 2.59. The molecule has 6 nitrogen and oxygen atoms in total. The number of piperidine rings is 3. The van der Waals surface area contributed by atoms with Crippen molar-refractivity contribution in [3.8, 4) is 0 Å². The first kappa shape index (κ1) is 23.9. The van der Waals surface area contributed by atoms with E-state index in [0.717, 1.165) is 53.7 Å². The zero-order valence-electron chi connectivity index (χ0n) is 21.2. The van der Waals surface area contributed by atoms with Crippen LogP contribution < -0.4 is 0 Å². The number of hydrogen-bond acceptors (Lipinski definition) is 6. The fourth-order valence-electron chi connectivity index (χ4n) is 6.53. The average molecular weight is 498 g/mol. The van der Waals surface area contributed by atoms with Crippen molar-refractivity contribution in [2.24, 2.45) is 5.92 Å². The van der Waals surface area contributed by atoms with Crippen LogP contribution in [0, 0.1) is 19.8 Å². The highest BCUT2D eigenvalue weighted by molar-refractivity contribution is 6.30. The third-order valence-electron chi connectivity index (χ3n) is 8.26. The number of carbonyl (C=O) groups is 2. The fourth-order valence-corrected chi connectivity index (χ4v) is 6.53. The van der Waals surface area contributed by atoms with Crippen LogP contribution in [0.2, 0.25) is 0 Å². The number of esters is 2. The Balaban J connectivity index is 1.56. The van der Waals surface area contributed by atoms with E-state index in [0.29, 0.717) is 0 Å². The third kappa shape index (κ3) is 3.70. The number of carbonyl (C=O) groups excluding carboxylic acids is 2. The predicted molar refractivity (Wildman–Crippen MR) is 137 cm³/mol. The van der Waals surface area contributed by atoms with E-state index in [9.17, 15) is 9.59 Å². The van der Waals surface area contributed by atoms with Gasteiger partial charge in [-0.3, -0.25) is 4.90 Å². The third-order valence-corrected chi connectivity index (χ3v) is 8.26. The monoisotopic (exact) mass is 497 g/mol. The van der Waals surface area contributed by atoms with Crippen LogP contribution >= 0.6 is 0 Å². The van der Waals surface area contributed by atoms with Gasteiger partial charge in [-0.2, -0.15) is 0 Å². The van der Waals surface area contributed by atoms with Gasteiger partial charge >= 0.3 is 11.9 Å². The molecule has 2 bridgehead atoms. The molecule has 4 aliphatic rings. The summed E-state index contributed by atoms with van der Waals surface area (Å²) in [6.45, 7) is 5.77. The molecule has 4 aliphatic heterocycles. The summed E-state index contributed by atoms with van der Waals surface area (Å²) in [5.41, 5.74) is 3.82. The number of fused-ring (bicyclic) bond motifs is 2. The van der Waals surface area contributed by atoms with Crippen molar-refractivity contribution >= 4 is 11.9 Å². The van der Waals surface area contributed by atoms with Gasteiger partial charge < -0.3 is 14.2 Å². The molecule has 0 radical (unpaired) electrons. The van der Waals surface area contributed by atoms with Gasteiger partial charge in [-0.15, -0.1) is 0 Å². The largest absolute Gasteiger partial charge is 0.427 e. The predicted octanol–water partition coefficient (Wildman–Crippen LogP) is 4.87. The summed E-state index contributed by atoms with van der Waals surface area (Å²) < 4.78 is 19.3. The van der Waals surface area contributed by atoms with Gasteiger partial charge in [0.2, 0.25) is 5.72 Å². The van der Waals surface area contributed by atoms with E-state index in [1.165, 1.54) is 0 Å². The minimum Gasteiger partial charge on any atom is -0.427 e. The van der Waals surface area contributed by atoms with Crippen LogP contribution in [-0.2, 0) is 30.4 Å². The number of rotatable bonds is 6. The van der Waals surface area contributed by atoms with E-state index < -0.39 is 29.4 Å². The molecule has 37 heavy (non-hydrogen) atoms. The van der Waals surface area contributed by atoms with Crippen molar-refractivity contribution in [2.45, 2.75) is 50.7 Å². The van der Waals surface area contributed by atoms with E-state index in [2.05, 4.69) is 23.1 Å². The second-order valence-electron chi connectivity index (χ2n) is 10.4. The molecule has 0 saturated carbocycles. The Bertz CT molecular complexity index is 1280. The summed E-state index contributed by atoms with van der Waals surface area (Å²) in [7, 11) is 0. The Hall–Kier alpha value is -3.48. The van der Waals surface area contributed by atoms with Crippen LogP contribution in [-0.4, -0.2) is 41.4 Å². The molecular formula is C31H31NO5. The van der Waals surface area contributed by atoms with Crippen molar-refractivity contribution < 1.29 is 23.8 Å². The first-order valence-corrected chi connectivity index (χ1v) is 13.0. The Labute approximate surface area is 217 Å². The van der Waals surface area contributed by atoms with Crippen molar-refractivity contribution in [3.05, 3.63) is 107 Å². The van der Waals surface area contributed by atoms with Gasteiger partial charge in [-0.25, -0.2) is 9.59 Å². The molecule has 190 valence electrons. The lowest BCUT2D eigenvalue weighted by atomic mass is 9.66. The highest BCUT2D eigenvalue weighted by atomic mass is 16.8. The quantitative estimate of drug-likeness (QED) is 0.358. The summed E-state index contributed by atoms with van der Waals surface area (Å²) in [5.74, 6) is -3.98. The topological polar surface area (TPSA) is 65.1 Å². The second-order valence-corrected chi connectivity index (χ2v) is 10.4. The molecule has 4 fully saturated rings. The van der Waals surface area contributed by atoms with Crippen molar-refractivity contribution in [2.75, 3.05) is 13.1 Å². The van der Waals surface area contributed by atoms with Crippen LogP contribution in [0.5, 0.6) is 0 Å². The molecule has 4 heterocycles. The molecule has 3 aromatic rings. The van der Waals surface area contributed by atoms with E-state index in [1.54, 1.807) is 0 Å². The van der Waals surface area contributed by atoms with Crippen molar-refractivity contribution in [3.63, 3.8) is 0 Å². The zero-order chi connectivity index (χ0) is 25.6. The zero-order valence-corrected chi connectivity index (χ0v) is 21.2. The van der Waals surface area contributed by atoms with Crippen LogP contribution in [0.1, 0.15) is 46.6 Å². The van der Waals surface area contributed by atoms with Gasteiger partial charge in [0.1, 0.15) is 0 Å². The lowest BCUT2D eigenvalue weighted by Crippen LogP contribution is -2.82. The fraction of sp³-hybridized carbons (Fsp3) is 0.355. The summed E-state index contributed by atoms with van der Waals surface area (Å²) in [6, 6.07) is 26.2. The van der Waals surface area contributed by atoms with E-state index in [1.807, 2.05) is 74.5 Å².